The molecule has 4 aromatic heterocycles. The van der Waals surface area contributed by atoms with Crippen molar-refractivity contribution in [1.82, 2.24) is 29.6 Å². The van der Waals surface area contributed by atoms with Crippen molar-refractivity contribution < 1.29 is 8.42 Å². The van der Waals surface area contributed by atoms with E-state index in [1.807, 2.05) is 24.4 Å². The molecule has 0 atom stereocenters. The van der Waals surface area contributed by atoms with Gasteiger partial charge >= 0.3 is 0 Å². The lowest BCUT2D eigenvalue weighted by Crippen LogP contribution is -2.49. The molecular weight excluding hydrogens is 428 g/mol. The molecule has 32 heavy (non-hydrogen) atoms. The molecule has 1 aliphatic carbocycles. The number of nitriles is 1. The first-order valence-electron chi connectivity index (χ1n) is 9.91. The molecule has 0 saturated heterocycles. The molecule has 3 N–H and O–H groups in total. The number of nitrogens with zero attached hydrogens (tertiary/aromatic N) is 5. The van der Waals surface area contributed by atoms with E-state index in [4.69, 9.17) is 5.26 Å². The van der Waals surface area contributed by atoms with Crippen molar-refractivity contribution in [2.45, 2.75) is 30.0 Å². The first-order chi connectivity index (χ1) is 15.5. The Morgan fingerprint density at radius 1 is 1.09 bits per heavy atom. The molecule has 10 nitrogen and oxygen atoms in total. The van der Waals surface area contributed by atoms with Crippen molar-refractivity contribution in [3.05, 3.63) is 60.9 Å². The second-order valence-electron chi connectivity index (χ2n) is 7.51. The Labute approximate surface area is 183 Å². The number of fused-ring (bicyclic) bond motifs is 1. The second-order valence-corrected chi connectivity index (χ2v) is 9.17. The smallest absolute Gasteiger partial charge is 0.258 e. The SMILES string of the molecule is N#Cc1ccnc(S(=O)(=O)N[C@H]2C[C@H](Nc3c(-c4ccncn4)cnc4[nH]ccc34)C2)c1. The van der Waals surface area contributed by atoms with Gasteiger partial charge in [-0.1, -0.05) is 0 Å². The van der Waals surface area contributed by atoms with Crippen LogP contribution in [0.15, 0.2) is 60.4 Å². The molecule has 0 aliphatic heterocycles. The van der Waals surface area contributed by atoms with Gasteiger partial charge in [-0.2, -0.15) is 5.26 Å². The van der Waals surface area contributed by atoms with Crippen molar-refractivity contribution in [3.8, 4) is 17.3 Å². The Balaban J connectivity index is 1.32. The van der Waals surface area contributed by atoms with E-state index in [1.165, 1.54) is 24.7 Å². The molecule has 0 aromatic carbocycles. The molecule has 1 aliphatic rings. The first-order valence-corrected chi connectivity index (χ1v) is 11.4. The Bertz CT molecular complexity index is 1420. The highest BCUT2D eigenvalue weighted by atomic mass is 32.2. The number of nitrogens with one attached hydrogen (secondary N) is 3. The lowest BCUT2D eigenvalue weighted by Gasteiger charge is -2.37. The summed E-state index contributed by atoms with van der Waals surface area (Å²) in [5, 5.41) is 13.3. The summed E-state index contributed by atoms with van der Waals surface area (Å²) >= 11 is 0. The van der Waals surface area contributed by atoms with Crippen LogP contribution in [-0.2, 0) is 10.0 Å². The summed E-state index contributed by atoms with van der Waals surface area (Å²) in [5.41, 5.74) is 3.49. The van der Waals surface area contributed by atoms with E-state index in [2.05, 4.69) is 35.0 Å². The number of pyridine rings is 2. The van der Waals surface area contributed by atoms with Gasteiger partial charge in [0.15, 0.2) is 5.03 Å². The summed E-state index contributed by atoms with van der Waals surface area (Å²) < 4.78 is 27.9. The van der Waals surface area contributed by atoms with E-state index in [1.54, 1.807) is 12.4 Å². The van der Waals surface area contributed by atoms with Crippen LogP contribution in [0.2, 0.25) is 0 Å². The van der Waals surface area contributed by atoms with Crippen LogP contribution >= 0.6 is 0 Å². The minimum absolute atomic E-state index is 0.0715. The Morgan fingerprint density at radius 3 is 2.75 bits per heavy atom. The zero-order chi connectivity index (χ0) is 22.1. The maximum atomic E-state index is 12.6. The quantitative estimate of drug-likeness (QED) is 0.408. The first kappa shape index (κ1) is 20.0. The van der Waals surface area contributed by atoms with Crippen LogP contribution in [0, 0.1) is 11.3 Å². The summed E-state index contributed by atoms with van der Waals surface area (Å²) in [7, 11) is -3.80. The molecule has 4 heterocycles. The molecule has 11 heteroatoms. The van der Waals surface area contributed by atoms with Crippen molar-refractivity contribution in [1.29, 1.82) is 5.26 Å². The standard InChI is InChI=1S/C21H18N8O2S/c22-10-13-1-5-24-19(7-13)32(30,31)29-15-8-14(9-15)28-20-16-2-6-25-21(16)26-11-17(20)18-3-4-23-12-27-18/h1-7,11-12,14-15,29H,8-9H2,(H2,25,26,28)/t14-,15-. The average molecular weight is 446 g/mol. The van der Waals surface area contributed by atoms with E-state index in [9.17, 15) is 8.42 Å². The van der Waals surface area contributed by atoms with Crippen molar-refractivity contribution in [2.24, 2.45) is 0 Å². The minimum Gasteiger partial charge on any atom is -0.381 e. The number of hydrogen-bond donors (Lipinski definition) is 3. The number of rotatable bonds is 6. The van der Waals surface area contributed by atoms with Crippen LogP contribution in [-0.4, -0.2) is 45.4 Å². The van der Waals surface area contributed by atoms with Gasteiger partial charge < -0.3 is 10.3 Å². The lowest BCUT2D eigenvalue weighted by molar-refractivity contribution is 0.346. The number of hydrogen-bond acceptors (Lipinski definition) is 8. The summed E-state index contributed by atoms with van der Waals surface area (Å²) in [6.07, 6.45) is 9.28. The van der Waals surface area contributed by atoms with E-state index < -0.39 is 10.0 Å². The largest absolute Gasteiger partial charge is 0.381 e. The van der Waals surface area contributed by atoms with Gasteiger partial charge in [-0.3, -0.25) is 0 Å². The van der Waals surface area contributed by atoms with E-state index in [0.29, 0.717) is 12.8 Å². The fraction of sp³-hybridized carbons (Fsp3) is 0.190. The third kappa shape index (κ3) is 3.77. The van der Waals surface area contributed by atoms with E-state index in [-0.39, 0.29) is 22.7 Å². The molecular formula is C21H18N8O2S. The molecule has 0 radical (unpaired) electrons. The third-order valence-electron chi connectivity index (χ3n) is 5.39. The van der Waals surface area contributed by atoms with Gasteiger partial charge in [-0.15, -0.1) is 0 Å². The van der Waals surface area contributed by atoms with Gasteiger partial charge in [-0.25, -0.2) is 33.1 Å². The molecule has 4 aromatic rings. The van der Waals surface area contributed by atoms with Gasteiger partial charge in [0.05, 0.1) is 23.0 Å². The predicted octanol–water partition coefficient (Wildman–Crippen LogP) is 2.21. The van der Waals surface area contributed by atoms with Crippen molar-refractivity contribution >= 4 is 26.7 Å². The van der Waals surface area contributed by atoms with Gasteiger partial charge in [0.1, 0.15) is 12.0 Å². The summed E-state index contributed by atoms with van der Waals surface area (Å²) in [6.45, 7) is 0. The molecule has 1 fully saturated rings. The molecule has 0 amide bonds. The van der Waals surface area contributed by atoms with Gasteiger partial charge in [0, 0.05) is 47.8 Å². The van der Waals surface area contributed by atoms with Crippen LogP contribution in [0.3, 0.4) is 0 Å². The highest BCUT2D eigenvalue weighted by Gasteiger charge is 2.34. The summed E-state index contributed by atoms with van der Waals surface area (Å²) in [5.74, 6) is 0. The van der Waals surface area contributed by atoms with E-state index in [0.717, 1.165) is 28.0 Å². The van der Waals surface area contributed by atoms with Crippen LogP contribution in [0.5, 0.6) is 0 Å². The van der Waals surface area contributed by atoms with Crippen LogP contribution < -0.4 is 10.0 Å². The van der Waals surface area contributed by atoms with Crippen LogP contribution in [0.1, 0.15) is 18.4 Å². The number of aromatic nitrogens is 5. The number of anilines is 1. The molecule has 1 saturated carbocycles. The second kappa shape index (κ2) is 7.99. The van der Waals surface area contributed by atoms with Gasteiger partial charge in [0.25, 0.3) is 10.0 Å². The molecule has 5 rings (SSSR count). The zero-order valence-corrected chi connectivity index (χ0v) is 17.5. The minimum atomic E-state index is -3.80. The maximum Gasteiger partial charge on any atom is 0.258 e. The zero-order valence-electron chi connectivity index (χ0n) is 16.7. The fourth-order valence-corrected chi connectivity index (χ4v) is 4.98. The highest BCUT2D eigenvalue weighted by Crippen LogP contribution is 2.35. The third-order valence-corrected chi connectivity index (χ3v) is 6.81. The van der Waals surface area contributed by atoms with Crippen LogP contribution in [0.25, 0.3) is 22.3 Å². The number of sulfonamides is 1. The normalized spacial score (nSPS) is 18.1. The average Bonchev–Trinajstić information content (AvgIpc) is 3.27. The molecule has 0 spiro atoms. The number of H-pyrrole nitrogens is 1. The maximum absolute atomic E-state index is 12.6. The van der Waals surface area contributed by atoms with E-state index >= 15 is 0 Å². The Hall–Kier alpha value is -3.88. The Morgan fingerprint density at radius 2 is 1.97 bits per heavy atom. The lowest BCUT2D eigenvalue weighted by atomic mass is 9.87. The summed E-state index contributed by atoms with van der Waals surface area (Å²) in [6, 6.07) is 8.27. The molecule has 160 valence electrons. The number of aromatic amines is 1. The summed E-state index contributed by atoms with van der Waals surface area (Å²) in [4.78, 5) is 19.8. The fourth-order valence-electron chi connectivity index (χ4n) is 3.75. The van der Waals surface area contributed by atoms with Crippen molar-refractivity contribution in [3.63, 3.8) is 0 Å². The Kier molecular flexibility index (Phi) is 5.01. The van der Waals surface area contributed by atoms with Crippen LogP contribution in [0.4, 0.5) is 5.69 Å². The molecule has 0 unspecified atom stereocenters. The molecule has 0 bridgehead atoms. The topological polar surface area (TPSA) is 149 Å². The monoisotopic (exact) mass is 446 g/mol. The highest BCUT2D eigenvalue weighted by molar-refractivity contribution is 7.89. The van der Waals surface area contributed by atoms with Gasteiger partial charge in [0.2, 0.25) is 0 Å². The van der Waals surface area contributed by atoms with Crippen molar-refractivity contribution in [2.75, 3.05) is 5.32 Å². The van der Waals surface area contributed by atoms with Gasteiger partial charge in [-0.05, 0) is 37.1 Å². The predicted molar refractivity (Wildman–Crippen MR) is 117 cm³/mol.